The van der Waals surface area contributed by atoms with Gasteiger partial charge in [0.05, 0.1) is 6.61 Å². The van der Waals surface area contributed by atoms with Crippen LogP contribution in [0.1, 0.15) is 24.0 Å². The van der Waals surface area contributed by atoms with Crippen LogP contribution in [0.5, 0.6) is 0 Å². The van der Waals surface area contributed by atoms with Gasteiger partial charge in [-0.25, -0.2) is 0 Å². The number of aliphatic hydroxyl groups excluding tert-OH is 1. The van der Waals surface area contributed by atoms with Gasteiger partial charge >= 0.3 is 0 Å². The van der Waals surface area contributed by atoms with E-state index in [1.165, 1.54) is 23.7 Å². The van der Waals surface area contributed by atoms with Crippen molar-refractivity contribution < 1.29 is 5.11 Å². The third-order valence-electron chi connectivity index (χ3n) is 2.95. The summed E-state index contributed by atoms with van der Waals surface area (Å²) < 4.78 is 0. The average Bonchev–Trinajstić information content (AvgIpc) is 2.64. The number of rotatable bonds is 2. The maximum absolute atomic E-state index is 9.35. The molecule has 1 aromatic rings. The second-order valence-corrected chi connectivity index (χ2v) is 3.61. The van der Waals surface area contributed by atoms with E-state index in [2.05, 4.69) is 31.4 Å². The van der Waals surface area contributed by atoms with Crippen LogP contribution in [-0.4, -0.2) is 18.8 Å². The van der Waals surface area contributed by atoms with Crippen molar-refractivity contribution >= 4 is 5.57 Å². The lowest BCUT2D eigenvalue weighted by molar-refractivity contribution is 0.281. The van der Waals surface area contributed by atoms with E-state index >= 15 is 0 Å². The van der Waals surface area contributed by atoms with Gasteiger partial charge in [-0.15, -0.1) is 0 Å². The second kappa shape index (κ2) is 5.64. The summed E-state index contributed by atoms with van der Waals surface area (Å²) in [6.07, 6.45) is 1.86. The standard InChI is InChI=1S/C13H14O.CH5N/c1-3-10-9(2)11-6-4-5-7-12(11)13(10)8-14;1-2/h3-7,13-14H,1,8H2,2H3;2H2,1H3. The average molecular weight is 217 g/mol. The topological polar surface area (TPSA) is 46.2 Å². The highest BCUT2D eigenvalue weighted by Crippen LogP contribution is 2.41. The van der Waals surface area contributed by atoms with Gasteiger partial charge in [0.1, 0.15) is 0 Å². The third kappa shape index (κ3) is 1.94. The summed E-state index contributed by atoms with van der Waals surface area (Å²) in [7, 11) is 1.50. The van der Waals surface area contributed by atoms with Crippen LogP contribution in [0.2, 0.25) is 0 Å². The maximum atomic E-state index is 9.35. The molecule has 0 spiro atoms. The summed E-state index contributed by atoms with van der Waals surface area (Å²) in [6, 6.07) is 8.23. The van der Waals surface area contributed by atoms with Crippen LogP contribution >= 0.6 is 0 Å². The molecule has 0 fully saturated rings. The van der Waals surface area contributed by atoms with Crippen LogP contribution in [0.25, 0.3) is 5.57 Å². The van der Waals surface area contributed by atoms with Crippen molar-refractivity contribution in [1.82, 2.24) is 0 Å². The summed E-state index contributed by atoms with van der Waals surface area (Å²) in [5.41, 5.74) is 9.38. The predicted octanol–water partition coefficient (Wildman–Crippen LogP) is 2.31. The molecule has 3 N–H and O–H groups in total. The minimum Gasteiger partial charge on any atom is -0.395 e. The van der Waals surface area contributed by atoms with Gasteiger partial charge in [0.15, 0.2) is 0 Å². The van der Waals surface area contributed by atoms with Gasteiger partial charge in [0, 0.05) is 5.92 Å². The molecule has 0 bridgehead atoms. The molecule has 2 rings (SSSR count). The summed E-state index contributed by atoms with van der Waals surface area (Å²) >= 11 is 0. The first-order valence-corrected chi connectivity index (χ1v) is 5.40. The van der Waals surface area contributed by atoms with Gasteiger partial charge in [-0.2, -0.15) is 0 Å². The quantitative estimate of drug-likeness (QED) is 0.798. The third-order valence-corrected chi connectivity index (χ3v) is 2.95. The van der Waals surface area contributed by atoms with Crippen molar-refractivity contribution in [3.63, 3.8) is 0 Å². The lowest BCUT2D eigenvalue weighted by Crippen LogP contribution is -2.02. The van der Waals surface area contributed by atoms with E-state index in [1.54, 1.807) is 0 Å². The van der Waals surface area contributed by atoms with Gasteiger partial charge in [0.2, 0.25) is 0 Å². The summed E-state index contributed by atoms with van der Waals surface area (Å²) in [5, 5.41) is 9.35. The molecule has 0 saturated heterocycles. The van der Waals surface area contributed by atoms with Crippen LogP contribution in [-0.2, 0) is 0 Å². The highest BCUT2D eigenvalue weighted by atomic mass is 16.3. The van der Waals surface area contributed by atoms with Crippen LogP contribution in [0, 0.1) is 0 Å². The highest BCUT2D eigenvalue weighted by Gasteiger charge is 2.25. The lowest BCUT2D eigenvalue weighted by Gasteiger charge is -2.10. The molecule has 0 saturated carbocycles. The number of benzene rings is 1. The normalized spacial score (nSPS) is 17.6. The van der Waals surface area contributed by atoms with Crippen LogP contribution in [0.4, 0.5) is 0 Å². The number of hydrogen-bond acceptors (Lipinski definition) is 2. The Labute approximate surface area is 97.1 Å². The number of aliphatic hydroxyl groups is 1. The number of fused-ring (bicyclic) bond motifs is 1. The van der Waals surface area contributed by atoms with Gasteiger partial charge in [-0.3, -0.25) is 0 Å². The molecular weight excluding hydrogens is 198 g/mol. The number of allylic oxidation sites excluding steroid dienone is 2. The molecule has 0 aromatic heterocycles. The fourth-order valence-corrected chi connectivity index (χ4v) is 2.22. The Morgan fingerprint density at radius 2 is 2.00 bits per heavy atom. The SMILES string of the molecule is C=CC1=C(C)c2ccccc2C1CO.CN. The Morgan fingerprint density at radius 3 is 2.56 bits per heavy atom. The van der Waals surface area contributed by atoms with Gasteiger partial charge in [-0.05, 0) is 36.2 Å². The number of nitrogens with two attached hydrogens (primary N) is 1. The molecule has 1 aromatic carbocycles. The van der Waals surface area contributed by atoms with E-state index in [0.717, 1.165) is 5.57 Å². The Hall–Kier alpha value is -1.38. The summed E-state index contributed by atoms with van der Waals surface area (Å²) in [4.78, 5) is 0. The van der Waals surface area contributed by atoms with Gasteiger partial charge in [0.25, 0.3) is 0 Å². The Bertz CT molecular complexity index is 407. The predicted molar refractivity (Wildman–Crippen MR) is 69.2 cm³/mol. The first-order valence-electron chi connectivity index (χ1n) is 5.40. The van der Waals surface area contributed by atoms with Gasteiger partial charge < -0.3 is 10.8 Å². The van der Waals surface area contributed by atoms with Crippen molar-refractivity contribution in [1.29, 1.82) is 0 Å². The van der Waals surface area contributed by atoms with Crippen molar-refractivity contribution in [2.45, 2.75) is 12.8 Å². The first kappa shape index (κ1) is 12.7. The molecule has 2 nitrogen and oxygen atoms in total. The molecule has 0 radical (unpaired) electrons. The Morgan fingerprint density at radius 1 is 1.38 bits per heavy atom. The highest BCUT2D eigenvalue weighted by molar-refractivity contribution is 5.79. The van der Waals surface area contributed by atoms with E-state index in [9.17, 15) is 5.11 Å². The molecule has 0 heterocycles. The first-order chi connectivity index (χ1) is 7.79. The van der Waals surface area contributed by atoms with Crippen LogP contribution in [0.3, 0.4) is 0 Å². The fraction of sp³-hybridized carbons (Fsp3) is 0.286. The summed E-state index contributed by atoms with van der Waals surface area (Å²) in [5.74, 6) is 0.128. The van der Waals surface area contributed by atoms with Crippen molar-refractivity contribution in [3.8, 4) is 0 Å². The molecule has 2 heteroatoms. The smallest absolute Gasteiger partial charge is 0.0540 e. The largest absolute Gasteiger partial charge is 0.395 e. The zero-order chi connectivity index (χ0) is 12.1. The zero-order valence-electron chi connectivity index (χ0n) is 9.90. The van der Waals surface area contributed by atoms with Crippen LogP contribution in [0.15, 0.2) is 42.5 Å². The second-order valence-electron chi connectivity index (χ2n) is 3.61. The van der Waals surface area contributed by atoms with E-state index < -0.39 is 0 Å². The van der Waals surface area contributed by atoms with E-state index in [1.807, 2.05) is 18.2 Å². The van der Waals surface area contributed by atoms with E-state index in [-0.39, 0.29) is 12.5 Å². The van der Waals surface area contributed by atoms with Crippen molar-refractivity contribution in [2.75, 3.05) is 13.7 Å². The maximum Gasteiger partial charge on any atom is 0.0540 e. The molecule has 1 aliphatic rings. The number of hydrogen-bond donors (Lipinski definition) is 2. The molecular formula is C14H19NO. The zero-order valence-corrected chi connectivity index (χ0v) is 9.90. The molecule has 16 heavy (non-hydrogen) atoms. The fourth-order valence-electron chi connectivity index (χ4n) is 2.22. The monoisotopic (exact) mass is 217 g/mol. The molecule has 86 valence electrons. The molecule has 0 aliphatic heterocycles. The molecule has 1 aliphatic carbocycles. The Balaban J connectivity index is 0.000000606. The summed E-state index contributed by atoms with van der Waals surface area (Å²) in [6.45, 7) is 6.06. The van der Waals surface area contributed by atoms with E-state index in [4.69, 9.17) is 0 Å². The minimum absolute atomic E-state index is 0.128. The molecule has 1 unspecified atom stereocenters. The molecule has 1 atom stereocenters. The lowest BCUT2D eigenvalue weighted by atomic mass is 9.97. The van der Waals surface area contributed by atoms with Gasteiger partial charge in [-0.1, -0.05) is 36.9 Å². The van der Waals surface area contributed by atoms with E-state index in [0.29, 0.717) is 0 Å². The van der Waals surface area contributed by atoms with Crippen LogP contribution < -0.4 is 5.73 Å². The van der Waals surface area contributed by atoms with Crippen molar-refractivity contribution in [2.24, 2.45) is 5.73 Å². The minimum atomic E-state index is 0.128. The molecule has 0 amide bonds. The Kier molecular flexibility index (Phi) is 4.47. The van der Waals surface area contributed by atoms with Crippen molar-refractivity contribution in [3.05, 3.63) is 53.6 Å².